The van der Waals surface area contributed by atoms with Crippen LogP contribution < -0.4 is 14.4 Å². The number of rotatable bonds is 3. The van der Waals surface area contributed by atoms with Crippen molar-refractivity contribution < 1.29 is 28.6 Å². The molecule has 1 saturated heterocycles. The van der Waals surface area contributed by atoms with Crippen LogP contribution in [0.3, 0.4) is 0 Å². The van der Waals surface area contributed by atoms with E-state index >= 15 is 0 Å². The van der Waals surface area contributed by atoms with Gasteiger partial charge in [0.1, 0.15) is 17.6 Å². The average molecular weight is 424 g/mol. The lowest BCUT2D eigenvalue weighted by atomic mass is 9.99. The number of nitrogens with zero attached hydrogens (tertiary/aromatic N) is 1. The number of Topliss-reactive ketones (excluding diaryl/α,β-unsaturated/α-hetero) is 1. The van der Waals surface area contributed by atoms with Gasteiger partial charge in [0.05, 0.1) is 11.8 Å². The van der Waals surface area contributed by atoms with E-state index in [1.807, 2.05) is 0 Å². The maximum absolute atomic E-state index is 13.0. The van der Waals surface area contributed by atoms with Gasteiger partial charge in [-0.1, -0.05) is 23.7 Å². The van der Waals surface area contributed by atoms with Gasteiger partial charge in [-0.3, -0.25) is 14.5 Å². The molecule has 1 amide bonds. The van der Waals surface area contributed by atoms with Gasteiger partial charge in [-0.2, -0.15) is 0 Å². The number of anilines is 1. The number of fused-ring (bicyclic) bond motifs is 1. The highest BCUT2D eigenvalue weighted by atomic mass is 35.5. The number of carbonyl (C=O) groups excluding carboxylic acids is 2. The number of ether oxygens (including phenoxy) is 2. The first-order valence-corrected chi connectivity index (χ1v) is 9.42. The molecule has 150 valence electrons. The van der Waals surface area contributed by atoms with E-state index in [2.05, 4.69) is 0 Å². The summed E-state index contributed by atoms with van der Waals surface area (Å²) in [7, 11) is 0. The van der Waals surface area contributed by atoms with Crippen LogP contribution >= 0.6 is 11.6 Å². The Hall–Kier alpha value is -3.71. The van der Waals surface area contributed by atoms with Crippen LogP contribution in [-0.2, 0) is 9.59 Å². The molecule has 8 heteroatoms. The van der Waals surface area contributed by atoms with Crippen molar-refractivity contribution in [2.24, 2.45) is 0 Å². The van der Waals surface area contributed by atoms with Crippen LogP contribution in [0.1, 0.15) is 17.4 Å². The lowest BCUT2D eigenvalue weighted by Crippen LogP contribution is -2.29. The smallest absolute Gasteiger partial charge is 0.300 e. The summed E-state index contributed by atoms with van der Waals surface area (Å²) in [4.78, 5) is 27.3. The molecule has 0 spiro atoms. The van der Waals surface area contributed by atoms with Crippen molar-refractivity contribution in [1.29, 1.82) is 0 Å². The third-order valence-electron chi connectivity index (χ3n) is 4.99. The molecule has 3 heterocycles. The number of furan rings is 1. The molecule has 1 N–H and O–H groups in total. The van der Waals surface area contributed by atoms with Crippen LogP contribution in [0.5, 0.6) is 11.5 Å². The van der Waals surface area contributed by atoms with E-state index in [1.54, 1.807) is 48.5 Å². The predicted molar refractivity (Wildman–Crippen MR) is 108 cm³/mol. The van der Waals surface area contributed by atoms with Crippen molar-refractivity contribution >= 4 is 34.7 Å². The normalized spacial score (nSPS) is 19.5. The van der Waals surface area contributed by atoms with E-state index in [0.717, 1.165) is 0 Å². The van der Waals surface area contributed by atoms with E-state index in [-0.39, 0.29) is 18.1 Å². The Bertz CT molecular complexity index is 1200. The third kappa shape index (κ3) is 2.83. The van der Waals surface area contributed by atoms with Crippen LogP contribution in [0.15, 0.2) is 70.9 Å². The molecular weight excluding hydrogens is 410 g/mol. The number of hydrogen-bond donors (Lipinski definition) is 1. The summed E-state index contributed by atoms with van der Waals surface area (Å²) in [5.41, 5.74) is 0.644. The molecule has 5 rings (SSSR count). The Morgan fingerprint density at radius 3 is 2.63 bits per heavy atom. The van der Waals surface area contributed by atoms with Gasteiger partial charge < -0.3 is 19.0 Å². The summed E-state index contributed by atoms with van der Waals surface area (Å²) >= 11 is 6.04. The molecule has 3 aromatic rings. The fourth-order valence-electron chi connectivity index (χ4n) is 3.64. The fourth-order valence-corrected chi connectivity index (χ4v) is 3.83. The number of carbonyl (C=O) groups is 2. The average Bonchev–Trinajstić information content (AvgIpc) is 3.47. The second-order valence-electron chi connectivity index (χ2n) is 6.73. The maximum atomic E-state index is 13.0. The Labute approximate surface area is 175 Å². The first kappa shape index (κ1) is 18.3. The number of hydrogen-bond acceptors (Lipinski definition) is 6. The molecule has 1 aromatic heterocycles. The van der Waals surface area contributed by atoms with Gasteiger partial charge in [-0.15, -0.1) is 0 Å². The summed E-state index contributed by atoms with van der Waals surface area (Å²) in [5, 5.41) is 11.3. The predicted octanol–water partition coefficient (Wildman–Crippen LogP) is 4.29. The lowest BCUT2D eigenvalue weighted by molar-refractivity contribution is -0.132. The van der Waals surface area contributed by atoms with Crippen molar-refractivity contribution in [3.05, 3.63) is 82.8 Å². The van der Waals surface area contributed by atoms with Crippen LogP contribution in [0.2, 0.25) is 5.02 Å². The number of halogens is 1. The minimum atomic E-state index is -0.959. The Kier molecular flexibility index (Phi) is 4.25. The molecule has 0 radical (unpaired) electrons. The third-order valence-corrected chi connectivity index (χ3v) is 5.22. The molecule has 0 aliphatic carbocycles. The Morgan fingerprint density at radius 1 is 1.03 bits per heavy atom. The Morgan fingerprint density at radius 2 is 1.87 bits per heavy atom. The topological polar surface area (TPSA) is 89.2 Å². The van der Waals surface area contributed by atoms with Crippen LogP contribution in [0, 0.1) is 0 Å². The molecule has 2 aliphatic rings. The number of aliphatic hydroxyl groups is 1. The summed E-state index contributed by atoms with van der Waals surface area (Å²) in [6.07, 6.45) is 1.44. The quantitative estimate of drug-likeness (QED) is 0.384. The van der Waals surface area contributed by atoms with E-state index in [1.165, 1.54) is 17.2 Å². The van der Waals surface area contributed by atoms with Gasteiger partial charge in [0.2, 0.25) is 6.79 Å². The van der Waals surface area contributed by atoms with Gasteiger partial charge in [-0.05, 0) is 36.4 Å². The van der Waals surface area contributed by atoms with Gasteiger partial charge >= 0.3 is 0 Å². The molecule has 2 aromatic carbocycles. The fraction of sp³-hybridized carbons (Fsp3) is 0.0909. The van der Waals surface area contributed by atoms with Gasteiger partial charge in [0.25, 0.3) is 11.7 Å². The molecule has 1 atom stereocenters. The Balaban J connectivity index is 1.69. The van der Waals surface area contributed by atoms with Crippen molar-refractivity contribution in [3.8, 4) is 11.5 Å². The van der Waals surface area contributed by atoms with Crippen molar-refractivity contribution in [1.82, 2.24) is 0 Å². The molecule has 30 heavy (non-hydrogen) atoms. The van der Waals surface area contributed by atoms with Crippen molar-refractivity contribution in [2.75, 3.05) is 11.7 Å². The van der Waals surface area contributed by atoms with Gasteiger partial charge in [0.15, 0.2) is 11.5 Å². The van der Waals surface area contributed by atoms with Crippen molar-refractivity contribution in [3.63, 3.8) is 0 Å². The minimum absolute atomic E-state index is 0.0774. The zero-order valence-electron chi connectivity index (χ0n) is 15.4. The molecule has 1 fully saturated rings. The highest BCUT2D eigenvalue weighted by molar-refractivity contribution is 6.51. The molecule has 7 nitrogen and oxygen atoms in total. The second-order valence-corrected chi connectivity index (χ2v) is 7.17. The van der Waals surface area contributed by atoms with Crippen LogP contribution in [-0.4, -0.2) is 23.6 Å². The first-order chi connectivity index (χ1) is 14.5. The van der Waals surface area contributed by atoms with Crippen LogP contribution in [0.4, 0.5) is 5.69 Å². The van der Waals surface area contributed by atoms with Gasteiger partial charge in [0, 0.05) is 22.3 Å². The van der Waals surface area contributed by atoms with Gasteiger partial charge in [-0.25, -0.2) is 0 Å². The van der Waals surface area contributed by atoms with Crippen LogP contribution in [0.25, 0.3) is 5.76 Å². The molecular formula is C22H14ClNO6. The summed E-state index contributed by atoms with van der Waals surface area (Å²) < 4.78 is 16.2. The standard InChI is InChI=1S/C22H14ClNO6/c23-13-4-1-3-12(9-13)20(25)18-19(16-5-2-8-28-16)24(22(27)21(18)26)14-6-7-15-17(10-14)30-11-29-15/h1-10,19,25H,11H2/b20-18-. The highest BCUT2D eigenvalue weighted by Crippen LogP contribution is 2.45. The number of benzene rings is 2. The largest absolute Gasteiger partial charge is 0.507 e. The lowest BCUT2D eigenvalue weighted by Gasteiger charge is -2.23. The minimum Gasteiger partial charge on any atom is -0.507 e. The SMILES string of the molecule is O=C1C(=O)N(c2ccc3c(c2)OCO3)C(c2ccco2)/C1=C(/O)c1cccc(Cl)c1. The first-order valence-electron chi connectivity index (χ1n) is 9.04. The summed E-state index contributed by atoms with van der Waals surface area (Å²) in [6.45, 7) is 0.0774. The summed E-state index contributed by atoms with van der Waals surface area (Å²) in [5.74, 6) is -0.618. The molecule has 1 unspecified atom stereocenters. The van der Waals surface area contributed by atoms with E-state index < -0.39 is 17.7 Å². The number of ketones is 1. The van der Waals surface area contributed by atoms with Crippen molar-refractivity contribution in [2.45, 2.75) is 6.04 Å². The monoisotopic (exact) mass is 423 g/mol. The van der Waals surface area contributed by atoms with E-state index in [4.69, 9.17) is 25.5 Å². The molecule has 0 bridgehead atoms. The maximum Gasteiger partial charge on any atom is 0.300 e. The number of amides is 1. The van der Waals surface area contributed by atoms with E-state index in [0.29, 0.717) is 33.5 Å². The summed E-state index contributed by atoms with van der Waals surface area (Å²) in [6, 6.07) is 13.7. The highest BCUT2D eigenvalue weighted by Gasteiger charge is 2.48. The zero-order valence-corrected chi connectivity index (χ0v) is 16.1. The zero-order chi connectivity index (χ0) is 20.8. The molecule has 2 aliphatic heterocycles. The molecule has 0 saturated carbocycles. The second kappa shape index (κ2) is 6.96. The number of aliphatic hydroxyl groups excluding tert-OH is 1. The van der Waals surface area contributed by atoms with E-state index in [9.17, 15) is 14.7 Å².